The van der Waals surface area contributed by atoms with Crippen LogP contribution >= 0.6 is 11.6 Å². The summed E-state index contributed by atoms with van der Waals surface area (Å²) in [5.74, 6) is 0. The lowest BCUT2D eigenvalue weighted by molar-refractivity contribution is 0.111. The minimum Gasteiger partial charge on any atom is -0.376 e. The number of hydrogen-bond donors (Lipinski definition) is 1. The molecule has 0 fully saturated rings. The van der Waals surface area contributed by atoms with Gasteiger partial charge >= 0.3 is 0 Å². The highest BCUT2D eigenvalue weighted by Gasteiger charge is 2.08. The van der Waals surface area contributed by atoms with E-state index in [0.29, 0.717) is 0 Å². The van der Waals surface area contributed by atoms with Gasteiger partial charge in [0.15, 0.2) is 0 Å². The number of halogens is 1. The smallest absolute Gasteiger partial charge is 0.0720 e. The zero-order valence-corrected chi connectivity index (χ0v) is 9.40. The van der Waals surface area contributed by atoms with Gasteiger partial charge in [0.1, 0.15) is 0 Å². The average Bonchev–Trinajstić information content (AvgIpc) is 2.19. The molecule has 1 N–H and O–H groups in total. The third kappa shape index (κ3) is 3.29. The van der Waals surface area contributed by atoms with E-state index in [1.165, 1.54) is 11.1 Å². The van der Waals surface area contributed by atoms with Gasteiger partial charge in [0.2, 0.25) is 0 Å². The Labute approximate surface area is 90.2 Å². The Balaban J connectivity index is 0.000000293. The number of benzene rings is 1. The second-order valence-corrected chi connectivity index (χ2v) is 3.65. The van der Waals surface area contributed by atoms with E-state index < -0.39 is 0 Å². The van der Waals surface area contributed by atoms with Gasteiger partial charge in [0.25, 0.3) is 0 Å². The fourth-order valence-electron chi connectivity index (χ4n) is 1.34. The first-order chi connectivity index (χ1) is 6.77. The van der Waals surface area contributed by atoms with E-state index in [9.17, 15) is 0 Å². The van der Waals surface area contributed by atoms with Gasteiger partial charge in [-0.15, -0.1) is 0 Å². The van der Waals surface area contributed by atoms with Crippen molar-refractivity contribution in [2.24, 2.45) is 0 Å². The van der Waals surface area contributed by atoms with E-state index in [1.54, 1.807) is 0 Å². The molecule has 1 aromatic carbocycles. The maximum Gasteiger partial charge on any atom is 0.0720 e. The Morgan fingerprint density at radius 3 is 2.71 bits per heavy atom. The predicted molar refractivity (Wildman–Crippen MR) is 59.8 cm³/mol. The summed E-state index contributed by atoms with van der Waals surface area (Å²) in [5.41, 5.74) is 2.62. The Hall–Kier alpha value is -0.570. The molecule has 14 heavy (non-hydrogen) atoms. The molecule has 0 aliphatic carbocycles. The summed E-state index contributed by atoms with van der Waals surface area (Å²) in [6.45, 7) is 1.56. The largest absolute Gasteiger partial charge is 0.376 e. The topological polar surface area (TPSA) is 21.3 Å². The lowest BCUT2D eigenvalue weighted by Gasteiger charge is -2.15. The van der Waals surface area contributed by atoms with Crippen LogP contribution in [0.3, 0.4) is 0 Å². The van der Waals surface area contributed by atoms with Crippen molar-refractivity contribution in [2.75, 3.05) is 20.7 Å². The Morgan fingerprint density at radius 2 is 2.00 bits per heavy atom. The lowest BCUT2D eigenvalue weighted by Crippen LogP contribution is -2.09. The molecule has 0 amide bonds. The number of fused-ring (bicyclic) bond motifs is 1. The highest BCUT2D eigenvalue weighted by atomic mass is 35.5. The van der Waals surface area contributed by atoms with Crippen molar-refractivity contribution in [3.8, 4) is 0 Å². The molecule has 0 spiro atoms. The number of nitrogens with one attached hydrogen (secondary N) is 1. The van der Waals surface area contributed by atoms with Crippen LogP contribution in [0.4, 0.5) is 0 Å². The third-order valence-electron chi connectivity index (χ3n) is 1.94. The van der Waals surface area contributed by atoms with Gasteiger partial charge in [0.05, 0.1) is 13.2 Å². The van der Waals surface area contributed by atoms with Gasteiger partial charge in [-0.25, -0.2) is 0 Å². The van der Waals surface area contributed by atoms with Crippen molar-refractivity contribution >= 4 is 11.6 Å². The van der Waals surface area contributed by atoms with Crippen molar-refractivity contribution in [1.82, 2.24) is 5.32 Å². The molecule has 1 aliphatic heterocycles. The van der Waals surface area contributed by atoms with Crippen LogP contribution in [0.1, 0.15) is 11.1 Å². The van der Waals surface area contributed by atoms with Gasteiger partial charge in [-0.05, 0) is 43.8 Å². The van der Waals surface area contributed by atoms with Crippen molar-refractivity contribution in [3.63, 3.8) is 0 Å². The van der Waals surface area contributed by atoms with Crippen molar-refractivity contribution < 1.29 is 4.74 Å². The van der Waals surface area contributed by atoms with Crippen LogP contribution in [0.15, 0.2) is 18.2 Å². The second-order valence-electron chi connectivity index (χ2n) is 3.22. The first-order valence-electron chi connectivity index (χ1n) is 4.71. The molecule has 1 heterocycles. The quantitative estimate of drug-likeness (QED) is 0.714. The number of ether oxygens (including phenoxy) is 1. The minimum absolute atomic E-state index is 0.718. The zero-order chi connectivity index (χ0) is 10.4. The highest BCUT2D eigenvalue weighted by molar-refractivity contribution is 6.30. The zero-order valence-electron chi connectivity index (χ0n) is 8.64. The van der Waals surface area contributed by atoms with Crippen LogP contribution in [-0.4, -0.2) is 20.7 Å². The Kier molecular flexibility index (Phi) is 4.94. The summed E-state index contributed by atoms with van der Waals surface area (Å²) >= 11 is 5.82. The molecule has 0 atom stereocenters. The first kappa shape index (κ1) is 11.5. The molecule has 2 rings (SSSR count). The highest BCUT2D eigenvalue weighted by Crippen LogP contribution is 2.20. The van der Waals surface area contributed by atoms with Crippen LogP contribution < -0.4 is 5.32 Å². The second kappa shape index (κ2) is 6.02. The van der Waals surface area contributed by atoms with E-state index in [2.05, 4.69) is 11.4 Å². The molecule has 0 unspecified atom stereocenters. The summed E-state index contributed by atoms with van der Waals surface area (Å²) in [4.78, 5) is 0. The predicted octanol–water partition coefficient (Wildman–Crippen LogP) is 2.25. The molecule has 0 saturated heterocycles. The number of rotatable bonds is 0. The summed E-state index contributed by atoms with van der Waals surface area (Å²) < 4.78 is 5.29. The normalized spacial score (nSPS) is 13.9. The molecule has 78 valence electrons. The standard InChI is InChI=1S/C9H9ClO.C2H7N/c10-9-2-1-7-3-4-11-6-8(7)5-9;1-3-2/h1-2,5H,3-4,6H2;3H,1-2H3. The minimum atomic E-state index is 0.718. The fraction of sp³-hybridized carbons (Fsp3) is 0.455. The van der Waals surface area contributed by atoms with E-state index in [-0.39, 0.29) is 0 Å². The summed E-state index contributed by atoms with van der Waals surface area (Å²) in [6.07, 6.45) is 1.02. The van der Waals surface area contributed by atoms with Gasteiger partial charge in [-0.1, -0.05) is 17.7 Å². The van der Waals surface area contributed by atoms with E-state index in [0.717, 1.165) is 24.7 Å². The van der Waals surface area contributed by atoms with Crippen LogP contribution in [0.25, 0.3) is 0 Å². The monoisotopic (exact) mass is 213 g/mol. The molecule has 0 aromatic heterocycles. The van der Waals surface area contributed by atoms with E-state index in [1.807, 2.05) is 26.2 Å². The van der Waals surface area contributed by atoms with Crippen LogP contribution in [0, 0.1) is 0 Å². The summed E-state index contributed by atoms with van der Waals surface area (Å²) in [5, 5.41) is 3.55. The van der Waals surface area contributed by atoms with Crippen LogP contribution in [0.2, 0.25) is 5.02 Å². The maximum atomic E-state index is 5.82. The van der Waals surface area contributed by atoms with Gasteiger partial charge in [-0.3, -0.25) is 0 Å². The van der Waals surface area contributed by atoms with Crippen LogP contribution in [0.5, 0.6) is 0 Å². The van der Waals surface area contributed by atoms with Crippen molar-refractivity contribution in [1.29, 1.82) is 0 Å². The molecule has 0 saturated carbocycles. The molecule has 0 bridgehead atoms. The molecule has 1 aliphatic rings. The molecule has 1 aromatic rings. The third-order valence-corrected chi connectivity index (χ3v) is 2.18. The summed E-state index contributed by atoms with van der Waals surface area (Å²) in [7, 11) is 3.75. The van der Waals surface area contributed by atoms with Crippen LogP contribution in [-0.2, 0) is 17.8 Å². The van der Waals surface area contributed by atoms with Crippen molar-refractivity contribution in [3.05, 3.63) is 34.3 Å². The first-order valence-corrected chi connectivity index (χ1v) is 5.09. The average molecular weight is 214 g/mol. The van der Waals surface area contributed by atoms with E-state index >= 15 is 0 Å². The molecule has 3 heteroatoms. The van der Waals surface area contributed by atoms with Gasteiger partial charge < -0.3 is 10.1 Å². The van der Waals surface area contributed by atoms with Gasteiger partial charge in [0, 0.05) is 5.02 Å². The maximum absolute atomic E-state index is 5.82. The number of hydrogen-bond acceptors (Lipinski definition) is 2. The lowest BCUT2D eigenvalue weighted by atomic mass is 10.0. The molecule has 0 radical (unpaired) electrons. The molecular formula is C11H16ClNO. The Morgan fingerprint density at radius 1 is 1.29 bits per heavy atom. The Bertz CT molecular complexity index is 289. The van der Waals surface area contributed by atoms with Crippen molar-refractivity contribution in [2.45, 2.75) is 13.0 Å². The fourth-order valence-corrected chi connectivity index (χ4v) is 1.53. The SMILES string of the molecule is CNC.Clc1ccc2c(c1)COCC2. The van der Waals surface area contributed by atoms with Gasteiger partial charge in [-0.2, -0.15) is 0 Å². The molecular weight excluding hydrogens is 198 g/mol. The summed E-state index contributed by atoms with van der Waals surface area (Å²) in [6, 6.07) is 6.00. The van der Waals surface area contributed by atoms with E-state index in [4.69, 9.17) is 16.3 Å². The molecule has 2 nitrogen and oxygen atoms in total.